The number of aromatic nitrogens is 1. The third-order valence-corrected chi connectivity index (χ3v) is 6.79. The summed E-state index contributed by atoms with van der Waals surface area (Å²) in [4.78, 5) is 0.701. The second-order valence-corrected chi connectivity index (χ2v) is 8.54. The highest BCUT2D eigenvalue weighted by Crippen LogP contribution is 2.35. The Bertz CT molecular complexity index is 1020. The highest BCUT2D eigenvalue weighted by molar-refractivity contribution is 7.94. The minimum Gasteiger partial charge on any atom is -0.497 e. The molecule has 0 fully saturated rings. The molecule has 0 saturated heterocycles. The molecule has 0 radical (unpaired) electrons. The third kappa shape index (κ3) is 3.54. The molecule has 26 heavy (non-hydrogen) atoms. The fraction of sp³-hybridized carbons (Fsp3) is 0.235. The van der Waals surface area contributed by atoms with Crippen LogP contribution in [-0.2, 0) is 10.0 Å². The number of benzene rings is 1. The second-order valence-electron chi connectivity index (χ2n) is 5.55. The van der Waals surface area contributed by atoms with Gasteiger partial charge < -0.3 is 14.0 Å². The molecular weight excluding hydrogens is 376 g/mol. The lowest BCUT2D eigenvalue weighted by Gasteiger charge is -2.10. The van der Waals surface area contributed by atoms with Crippen molar-refractivity contribution in [3.05, 3.63) is 41.6 Å². The van der Waals surface area contributed by atoms with E-state index >= 15 is 0 Å². The molecule has 7 nitrogen and oxygen atoms in total. The molecule has 0 atom stereocenters. The van der Waals surface area contributed by atoms with Crippen molar-refractivity contribution in [2.24, 2.45) is 0 Å². The molecule has 0 bridgehead atoms. The molecule has 0 saturated carbocycles. The van der Waals surface area contributed by atoms with Crippen LogP contribution in [0.3, 0.4) is 0 Å². The smallest absolute Gasteiger partial charge is 0.271 e. The SMILES string of the molecule is COc1cc(NS(=O)(=O)c2ccc(-c3onc(C)c3C)s2)cc(OC)c1. The van der Waals surface area contributed by atoms with Crippen molar-refractivity contribution in [2.75, 3.05) is 18.9 Å². The predicted molar refractivity (Wildman–Crippen MR) is 99.6 cm³/mol. The Morgan fingerprint density at radius 3 is 2.27 bits per heavy atom. The lowest BCUT2D eigenvalue weighted by Crippen LogP contribution is -2.11. The van der Waals surface area contributed by atoms with E-state index in [1.165, 1.54) is 20.3 Å². The molecule has 0 spiro atoms. The van der Waals surface area contributed by atoms with Gasteiger partial charge in [0, 0.05) is 23.8 Å². The van der Waals surface area contributed by atoms with Crippen LogP contribution in [0.2, 0.25) is 0 Å². The van der Waals surface area contributed by atoms with E-state index in [0.717, 1.165) is 22.6 Å². The van der Waals surface area contributed by atoms with Crippen molar-refractivity contribution in [3.8, 4) is 22.1 Å². The predicted octanol–water partition coefficient (Wildman–Crippen LogP) is 3.84. The van der Waals surface area contributed by atoms with Crippen LogP contribution in [0.1, 0.15) is 11.3 Å². The molecule has 3 rings (SSSR count). The summed E-state index contributed by atoms with van der Waals surface area (Å²) in [5.74, 6) is 1.56. The quantitative estimate of drug-likeness (QED) is 0.683. The van der Waals surface area contributed by atoms with Crippen molar-refractivity contribution < 1.29 is 22.4 Å². The summed E-state index contributed by atoms with van der Waals surface area (Å²) >= 11 is 1.11. The molecule has 9 heteroatoms. The summed E-state index contributed by atoms with van der Waals surface area (Å²) in [7, 11) is -0.761. The number of ether oxygens (including phenoxy) is 2. The molecule has 3 aromatic rings. The Hall–Kier alpha value is -2.52. The Labute approximate surface area is 155 Å². The molecule has 2 heterocycles. The van der Waals surface area contributed by atoms with E-state index in [1.807, 2.05) is 13.8 Å². The first-order valence-electron chi connectivity index (χ1n) is 7.63. The first-order chi connectivity index (χ1) is 12.3. The average Bonchev–Trinajstić information content (AvgIpc) is 3.22. The number of anilines is 1. The Balaban J connectivity index is 1.91. The van der Waals surface area contributed by atoms with E-state index < -0.39 is 10.0 Å². The van der Waals surface area contributed by atoms with Crippen LogP contribution < -0.4 is 14.2 Å². The monoisotopic (exact) mass is 394 g/mol. The number of thiophene rings is 1. The summed E-state index contributed by atoms with van der Waals surface area (Å²) in [6.07, 6.45) is 0. The zero-order chi connectivity index (χ0) is 18.9. The van der Waals surface area contributed by atoms with Gasteiger partial charge in [0.15, 0.2) is 5.76 Å². The van der Waals surface area contributed by atoms with Gasteiger partial charge in [0.1, 0.15) is 15.7 Å². The third-order valence-electron chi connectivity index (χ3n) is 3.83. The van der Waals surface area contributed by atoms with Crippen molar-refractivity contribution in [1.29, 1.82) is 0 Å². The lowest BCUT2D eigenvalue weighted by molar-refractivity contribution is 0.395. The van der Waals surface area contributed by atoms with Gasteiger partial charge in [-0.15, -0.1) is 11.3 Å². The maximum Gasteiger partial charge on any atom is 0.271 e. The molecule has 1 N–H and O–H groups in total. The van der Waals surface area contributed by atoms with Gasteiger partial charge >= 0.3 is 0 Å². The van der Waals surface area contributed by atoms with Crippen LogP contribution in [0, 0.1) is 13.8 Å². The van der Waals surface area contributed by atoms with Crippen molar-refractivity contribution in [2.45, 2.75) is 18.1 Å². The number of hydrogen-bond acceptors (Lipinski definition) is 7. The summed E-state index contributed by atoms with van der Waals surface area (Å²) in [6, 6.07) is 8.07. The van der Waals surface area contributed by atoms with Crippen LogP contribution in [0.25, 0.3) is 10.6 Å². The fourth-order valence-electron chi connectivity index (χ4n) is 2.30. The largest absolute Gasteiger partial charge is 0.497 e. The normalized spacial score (nSPS) is 11.4. The van der Waals surface area contributed by atoms with Gasteiger partial charge in [-0.1, -0.05) is 5.16 Å². The number of methoxy groups -OCH3 is 2. The lowest BCUT2D eigenvalue weighted by atomic mass is 10.2. The van der Waals surface area contributed by atoms with Crippen LogP contribution in [0.15, 0.2) is 39.1 Å². The first kappa shape index (κ1) is 18.3. The van der Waals surface area contributed by atoms with E-state index in [1.54, 1.807) is 24.3 Å². The minimum atomic E-state index is -3.76. The van der Waals surface area contributed by atoms with Gasteiger partial charge in [-0.05, 0) is 26.0 Å². The molecule has 0 aliphatic heterocycles. The Kier molecular flexibility index (Phi) is 4.92. The highest BCUT2D eigenvalue weighted by atomic mass is 32.2. The van der Waals surface area contributed by atoms with Crippen LogP contribution >= 0.6 is 11.3 Å². The van der Waals surface area contributed by atoms with Gasteiger partial charge in [0.25, 0.3) is 10.0 Å². The van der Waals surface area contributed by atoms with Crippen molar-refractivity contribution in [1.82, 2.24) is 5.16 Å². The maximum atomic E-state index is 12.7. The first-order valence-corrected chi connectivity index (χ1v) is 9.93. The zero-order valence-corrected chi connectivity index (χ0v) is 16.3. The molecule has 2 aromatic heterocycles. The molecule has 138 valence electrons. The molecule has 0 aliphatic rings. The Morgan fingerprint density at radius 2 is 1.73 bits per heavy atom. The van der Waals surface area contributed by atoms with Gasteiger partial charge in [0.05, 0.1) is 30.5 Å². The van der Waals surface area contributed by atoms with E-state index in [4.69, 9.17) is 14.0 Å². The van der Waals surface area contributed by atoms with E-state index in [2.05, 4.69) is 9.88 Å². The van der Waals surface area contributed by atoms with Crippen molar-refractivity contribution >= 4 is 27.0 Å². The number of sulfonamides is 1. The van der Waals surface area contributed by atoms with Gasteiger partial charge in [-0.2, -0.15) is 0 Å². The summed E-state index contributed by atoms with van der Waals surface area (Å²) < 4.78 is 43.8. The van der Waals surface area contributed by atoms with Crippen LogP contribution in [-0.4, -0.2) is 27.8 Å². The summed E-state index contributed by atoms with van der Waals surface area (Å²) in [5.41, 5.74) is 2.02. The van der Waals surface area contributed by atoms with Gasteiger partial charge in [-0.25, -0.2) is 8.42 Å². The van der Waals surface area contributed by atoms with Crippen LogP contribution in [0.5, 0.6) is 11.5 Å². The number of nitrogens with zero attached hydrogens (tertiary/aromatic N) is 1. The fourth-order valence-corrected chi connectivity index (χ4v) is 4.68. The Morgan fingerprint density at radius 1 is 1.08 bits per heavy atom. The van der Waals surface area contributed by atoms with E-state index in [0.29, 0.717) is 27.8 Å². The highest BCUT2D eigenvalue weighted by Gasteiger charge is 2.21. The summed E-state index contributed by atoms with van der Waals surface area (Å²) in [6.45, 7) is 3.72. The summed E-state index contributed by atoms with van der Waals surface area (Å²) in [5, 5.41) is 3.91. The maximum absolute atomic E-state index is 12.7. The number of aryl methyl sites for hydroxylation is 1. The van der Waals surface area contributed by atoms with E-state index in [-0.39, 0.29) is 4.21 Å². The molecule has 0 aliphatic carbocycles. The topological polar surface area (TPSA) is 90.7 Å². The second kappa shape index (κ2) is 7.00. The standard InChI is InChI=1S/C17H18N2O5S2/c1-10-11(2)18-24-17(10)15-5-6-16(25-15)26(20,21)19-12-7-13(22-3)9-14(8-12)23-4/h5-9,19H,1-4H3. The number of rotatable bonds is 6. The minimum absolute atomic E-state index is 0.169. The number of nitrogens with one attached hydrogen (secondary N) is 1. The number of hydrogen-bond donors (Lipinski definition) is 1. The van der Waals surface area contributed by atoms with Crippen molar-refractivity contribution in [3.63, 3.8) is 0 Å². The molecule has 1 aromatic carbocycles. The van der Waals surface area contributed by atoms with Crippen LogP contribution in [0.4, 0.5) is 5.69 Å². The van der Waals surface area contributed by atoms with Gasteiger partial charge in [0.2, 0.25) is 0 Å². The molecule has 0 amide bonds. The molecule has 0 unspecified atom stereocenters. The van der Waals surface area contributed by atoms with Gasteiger partial charge in [-0.3, -0.25) is 4.72 Å². The zero-order valence-electron chi connectivity index (χ0n) is 14.7. The average molecular weight is 394 g/mol. The molecular formula is C17H18N2O5S2. The van der Waals surface area contributed by atoms with E-state index in [9.17, 15) is 8.42 Å².